The number of benzene rings is 8. The maximum Gasteiger partial charge on any atom is 0.0468 e. The van der Waals surface area contributed by atoms with Crippen LogP contribution >= 0.6 is 0 Å². The lowest BCUT2D eigenvalue weighted by Crippen LogP contribution is -2.34. The van der Waals surface area contributed by atoms with E-state index in [0.29, 0.717) is 0 Å². The van der Waals surface area contributed by atoms with Crippen LogP contribution in [0.15, 0.2) is 194 Å². The summed E-state index contributed by atoms with van der Waals surface area (Å²) in [5, 5.41) is 0. The average Bonchev–Trinajstić information content (AvgIpc) is 3.52. The van der Waals surface area contributed by atoms with E-state index in [-0.39, 0.29) is 16.2 Å². The molecule has 2 aliphatic carbocycles. The second-order valence-electron chi connectivity index (χ2n) is 18.9. The van der Waals surface area contributed by atoms with E-state index in [1.165, 1.54) is 74.2 Å². The lowest BCUT2D eigenvalue weighted by molar-refractivity contribution is 0.332. The molecule has 0 saturated heterocycles. The Labute approximate surface area is 362 Å². The zero-order valence-corrected chi connectivity index (χ0v) is 36.3. The third-order valence-electron chi connectivity index (χ3n) is 13.7. The van der Waals surface area contributed by atoms with Crippen LogP contribution in [0.25, 0.3) is 33.4 Å². The van der Waals surface area contributed by atoms with Crippen LogP contribution in [-0.4, -0.2) is 0 Å². The van der Waals surface area contributed by atoms with E-state index in [9.17, 15) is 0 Å². The standard InChI is InChI=1S/C59H54N2/c1-57(2)36-37-58(3,4)56-40-50(33-35-55(56)57)61(48-21-15-18-44(38-48)41-16-9-7-10-17-41)47-30-26-43(27-31-47)42-24-28-46(29-25-42)60(45-19-11-8-12-20-45)49-32-34-54-52(39-49)51-22-13-14-23-53(51)59(54,5)6/h7-35,38-40H,36-37H2,1-6H3. The Morgan fingerprint density at radius 1 is 0.295 bits per heavy atom. The molecule has 10 rings (SSSR count). The summed E-state index contributed by atoms with van der Waals surface area (Å²) in [6.07, 6.45) is 2.38. The van der Waals surface area contributed by atoms with Gasteiger partial charge in [-0.05, 0) is 152 Å². The van der Waals surface area contributed by atoms with Gasteiger partial charge in [0.15, 0.2) is 0 Å². The van der Waals surface area contributed by atoms with Crippen molar-refractivity contribution in [3.63, 3.8) is 0 Å². The van der Waals surface area contributed by atoms with E-state index >= 15 is 0 Å². The summed E-state index contributed by atoms with van der Waals surface area (Å²) < 4.78 is 0. The molecule has 0 aromatic heterocycles. The molecular formula is C59H54N2. The van der Waals surface area contributed by atoms with Crippen molar-refractivity contribution in [3.8, 4) is 33.4 Å². The van der Waals surface area contributed by atoms with Crippen molar-refractivity contribution in [3.05, 3.63) is 216 Å². The summed E-state index contributed by atoms with van der Waals surface area (Å²) in [5.74, 6) is 0. The second kappa shape index (κ2) is 14.8. The summed E-state index contributed by atoms with van der Waals surface area (Å²) in [6.45, 7) is 14.3. The van der Waals surface area contributed by atoms with E-state index in [0.717, 1.165) is 28.4 Å². The summed E-state index contributed by atoms with van der Waals surface area (Å²) in [6, 6.07) is 71.7. The number of para-hydroxylation sites is 1. The summed E-state index contributed by atoms with van der Waals surface area (Å²) in [7, 11) is 0. The fourth-order valence-corrected chi connectivity index (χ4v) is 10.1. The molecule has 0 spiro atoms. The molecule has 61 heavy (non-hydrogen) atoms. The molecule has 2 aliphatic rings. The van der Waals surface area contributed by atoms with Crippen molar-refractivity contribution < 1.29 is 0 Å². The van der Waals surface area contributed by atoms with E-state index in [2.05, 4.69) is 245 Å². The molecule has 0 bridgehead atoms. The van der Waals surface area contributed by atoms with E-state index < -0.39 is 0 Å². The number of nitrogens with zero attached hydrogens (tertiary/aromatic N) is 2. The minimum Gasteiger partial charge on any atom is -0.310 e. The predicted octanol–water partition coefficient (Wildman–Crippen LogP) is 16.6. The van der Waals surface area contributed by atoms with E-state index in [4.69, 9.17) is 0 Å². The zero-order valence-electron chi connectivity index (χ0n) is 36.3. The molecule has 0 radical (unpaired) electrons. The van der Waals surface area contributed by atoms with Gasteiger partial charge in [-0.15, -0.1) is 0 Å². The molecule has 0 amide bonds. The van der Waals surface area contributed by atoms with Crippen LogP contribution < -0.4 is 9.80 Å². The molecule has 300 valence electrons. The highest BCUT2D eigenvalue weighted by atomic mass is 15.1. The van der Waals surface area contributed by atoms with Crippen LogP contribution in [0.5, 0.6) is 0 Å². The Kier molecular flexibility index (Phi) is 9.37. The van der Waals surface area contributed by atoms with Crippen molar-refractivity contribution >= 4 is 34.1 Å². The Balaban J connectivity index is 1.01. The van der Waals surface area contributed by atoms with Gasteiger partial charge in [-0.1, -0.05) is 163 Å². The van der Waals surface area contributed by atoms with Crippen LogP contribution in [0.2, 0.25) is 0 Å². The van der Waals surface area contributed by atoms with Crippen LogP contribution in [0.1, 0.15) is 76.6 Å². The lowest BCUT2D eigenvalue weighted by atomic mass is 9.63. The van der Waals surface area contributed by atoms with Gasteiger partial charge in [0.25, 0.3) is 0 Å². The van der Waals surface area contributed by atoms with Crippen molar-refractivity contribution in [2.75, 3.05) is 9.80 Å². The third-order valence-corrected chi connectivity index (χ3v) is 13.7. The molecule has 8 aromatic rings. The SMILES string of the molecule is CC1(C)CCC(C)(C)c2cc(N(c3ccc(-c4ccc(N(c5ccccc5)c5ccc6c(c5)-c5ccccc5C6(C)C)cc4)cc3)c3cccc(-c4ccccc4)c3)ccc21. The lowest BCUT2D eigenvalue weighted by Gasteiger charge is -2.42. The van der Waals surface area contributed by atoms with Crippen LogP contribution in [0.3, 0.4) is 0 Å². The van der Waals surface area contributed by atoms with Gasteiger partial charge in [-0.3, -0.25) is 0 Å². The highest BCUT2D eigenvalue weighted by Gasteiger charge is 2.38. The maximum atomic E-state index is 2.47. The molecule has 0 saturated carbocycles. The monoisotopic (exact) mass is 790 g/mol. The molecule has 8 aromatic carbocycles. The number of anilines is 6. The maximum absolute atomic E-state index is 2.47. The largest absolute Gasteiger partial charge is 0.310 e. The highest BCUT2D eigenvalue weighted by Crippen LogP contribution is 2.51. The average molecular weight is 791 g/mol. The summed E-state index contributed by atoms with van der Waals surface area (Å²) in [5.41, 5.74) is 20.2. The van der Waals surface area contributed by atoms with E-state index in [1.54, 1.807) is 0 Å². The molecule has 2 heteroatoms. The van der Waals surface area contributed by atoms with Crippen LogP contribution in [-0.2, 0) is 16.2 Å². The van der Waals surface area contributed by atoms with Gasteiger partial charge in [0, 0.05) is 39.5 Å². The smallest absolute Gasteiger partial charge is 0.0468 e. The number of hydrogen-bond donors (Lipinski definition) is 0. The van der Waals surface area contributed by atoms with Crippen molar-refractivity contribution in [2.45, 2.75) is 70.6 Å². The molecule has 0 heterocycles. The first kappa shape index (κ1) is 38.6. The molecule has 0 N–H and O–H groups in total. The van der Waals surface area contributed by atoms with Crippen LogP contribution in [0, 0.1) is 0 Å². The fourth-order valence-electron chi connectivity index (χ4n) is 10.1. The zero-order chi connectivity index (χ0) is 41.9. The van der Waals surface area contributed by atoms with Gasteiger partial charge in [-0.25, -0.2) is 0 Å². The van der Waals surface area contributed by atoms with Gasteiger partial charge in [0.1, 0.15) is 0 Å². The Morgan fingerprint density at radius 3 is 1.38 bits per heavy atom. The Bertz CT molecular complexity index is 2870. The van der Waals surface area contributed by atoms with Crippen molar-refractivity contribution in [2.24, 2.45) is 0 Å². The van der Waals surface area contributed by atoms with Gasteiger partial charge in [0.2, 0.25) is 0 Å². The van der Waals surface area contributed by atoms with Crippen molar-refractivity contribution in [1.82, 2.24) is 0 Å². The minimum absolute atomic E-state index is 0.0306. The first-order valence-electron chi connectivity index (χ1n) is 21.9. The van der Waals surface area contributed by atoms with Gasteiger partial charge in [-0.2, -0.15) is 0 Å². The molecule has 0 fully saturated rings. The summed E-state index contributed by atoms with van der Waals surface area (Å²) in [4.78, 5) is 4.81. The van der Waals surface area contributed by atoms with Gasteiger partial charge >= 0.3 is 0 Å². The second-order valence-corrected chi connectivity index (χ2v) is 18.9. The van der Waals surface area contributed by atoms with E-state index in [1.807, 2.05) is 0 Å². The molecule has 0 unspecified atom stereocenters. The van der Waals surface area contributed by atoms with Gasteiger partial charge < -0.3 is 9.80 Å². The first-order chi connectivity index (χ1) is 29.5. The van der Waals surface area contributed by atoms with Gasteiger partial charge in [0.05, 0.1) is 0 Å². The quantitative estimate of drug-likeness (QED) is 0.151. The third kappa shape index (κ3) is 6.85. The van der Waals surface area contributed by atoms with Crippen LogP contribution in [0.4, 0.5) is 34.1 Å². The molecular weight excluding hydrogens is 737 g/mol. The number of hydrogen-bond acceptors (Lipinski definition) is 2. The Hall–Kier alpha value is -6.64. The Morgan fingerprint density at radius 2 is 0.721 bits per heavy atom. The molecule has 2 nitrogen and oxygen atoms in total. The van der Waals surface area contributed by atoms with Crippen molar-refractivity contribution in [1.29, 1.82) is 0 Å². The number of fused-ring (bicyclic) bond motifs is 4. The highest BCUT2D eigenvalue weighted by molar-refractivity contribution is 5.87. The molecule has 0 aliphatic heterocycles. The molecule has 0 atom stereocenters. The topological polar surface area (TPSA) is 6.48 Å². The summed E-state index contributed by atoms with van der Waals surface area (Å²) >= 11 is 0. The normalized spacial score (nSPS) is 15.3. The minimum atomic E-state index is -0.0306. The number of rotatable bonds is 8. The fraction of sp³-hybridized carbons (Fsp3) is 0.186. The predicted molar refractivity (Wildman–Crippen MR) is 260 cm³/mol. The first-order valence-corrected chi connectivity index (χ1v) is 21.9.